The number of nitrogens with zero attached hydrogens (tertiary/aromatic N) is 4. The van der Waals surface area contributed by atoms with Gasteiger partial charge >= 0.3 is 0 Å². The van der Waals surface area contributed by atoms with Crippen LogP contribution in [0.5, 0.6) is 5.75 Å². The van der Waals surface area contributed by atoms with E-state index in [1.807, 2.05) is 54.6 Å². The Labute approximate surface area is 374 Å². The van der Waals surface area contributed by atoms with Crippen LogP contribution in [0.2, 0.25) is 0 Å². The zero-order valence-electron chi connectivity index (χ0n) is 35.8. The van der Waals surface area contributed by atoms with E-state index >= 15 is 0 Å². The van der Waals surface area contributed by atoms with Crippen LogP contribution < -0.4 is 10.1 Å². The average Bonchev–Trinajstić information content (AvgIpc) is 3.93. The van der Waals surface area contributed by atoms with Crippen molar-refractivity contribution in [3.05, 3.63) is 153 Å². The van der Waals surface area contributed by atoms with Crippen LogP contribution in [0.1, 0.15) is 64.5 Å². The molecule has 0 bridgehead atoms. The lowest BCUT2D eigenvalue weighted by molar-refractivity contribution is -0.0234. The molecule has 12 heteroatoms. The molecular formula is C50H55N5O4S3. The molecular weight excluding hydrogens is 831 g/mol. The molecule has 2 unspecified atom stereocenters. The number of nitrogens with one attached hydrogen (secondary N) is 1. The molecule has 9 nitrogen and oxygen atoms in total. The molecule has 2 fully saturated rings. The van der Waals surface area contributed by atoms with E-state index in [0.717, 1.165) is 94.5 Å². The molecule has 2 aliphatic heterocycles. The molecule has 0 amide bonds. The standard InChI is InChI=1S/C27H29N3OS.C23H26N2O3S2/c1-30-16-14-22(15-17-30)28-26(27-29-24-8-3-4-9-25(24)32-27)21-7-5-6-20(18-21)19-10-12-23(31-2)13-11-19;1-25-13-10-19(11-14-25)28-22(23-24-20-8-3-4-9-21(20)29-23)18-7-5-6-17(16-18)12-15-30(2,26)27/h3-13,18,22,26,28H,14-17H2,1-2H3;3-9,12,15-16,19,22H,10-11,13-14H2,1-2H3. The van der Waals surface area contributed by atoms with Crippen LogP contribution in [0.25, 0.3) is 37.6 Å². The van der Waals surface area contributed by atoms with Crippen molar-refractivity contribution in [1.29, 1.82) is 0 Å². The minimum absolute atomic E-state index is 0.0824. The Morgan fingerprint density at radius 2 is 1.29 bits per heavy atom. The molecule has 62 heavy (non-hydrogen) atoms. The number of para-hydroxylation sites is 2. The van der Waals surface area contributed by atoms with Crippen molar-refractivity contribution in [2.75, 3.05) is 53.6 Å². The third-order valence-electron chi connectivity index (χ3n) is 11.6. The van der Waals surface area contributed by atoms with Gasteiger partial charge in [-0.05, 0) is 135 Å². The molecule has 0 saturated carbocycles. The van der Waals surface area contributed by atoms with Gasteiger partial charge in [0, 0.05) is 30.8 Å². The Morgan fingerprint density at radius 1 is 0.694 bits per heavy atom. The molecule has 7 aromatic rings. The van der Waals surface area contributed by atoms with Gasteiger partial charge in [0.05, 0.1) is 39.7 Å². The zero-order chi connectivity index (χ0) is 43.1. The third-order valence-corrected chi connectivity index (χ3v) is 14.4. The van der Waals surface area contributed by atoms with Gasteiger partial charge in [-0.1, -0.05) is 72.8 Å². The summed E-state index contributed by atoms with van der Waals surface area (Å²) in [6.45, 7) is 4.31. The van der Waals surface area contributed by atoms with E-state index in [0.29, 0.717) is 6.04 Å². The monoisotopic (exact) mass is 885 g/mol. The first-order valence-electron chi connectivity index (χ1n) is 21.3. The average molecular weight is 886 g/mol. The van der Waals surface area contributed by atoms with Gasteiger partial charge in [-0.2, -0.15) is 0 Å². The maximum Gasteiger partial charge on any atom is 0.168 e. The summed E-state index contributed by atoms with van der Waals surface area (Å²) < 4.78 is 37.3. The second-order valence-electron chi connectivity index (χ2n) is 16.4. The smallest absolute Gasteiger partial charge is 0.168 e. The molecule has 0 radical (unpaired) electrons. The number of hydrogen-bond donors (Lipinski definition) is 1. The van der Waals surface area contributed by atoms with Gasteiger partial charge in [0.25, 0.3) is 0 Å². The number of benzene rings is 5. The number of hydrogen-bond acceptors (Lipinski definition) is 11. The van der Waals surface area contributed by atoms with Crippen LogP contribution in [0.15, 0.2) is 127 Å². The van der Waals surface area contributed by atoms with E-state index in [2.05, 4.69) is 95.9 Å². The van der Waals surface area contributed by atoms with Crippen LogP contribution in [0.4, 0.5) is 0 Å². The highest BCUT2D eigenvalue weighted by molar-refractivity contribution is 7.93. The molecule has 1 N–H and O–H groups in total. The lowest BCUT2D eigenvalue weighted by Crippen LogP contribution is -2.42. The Bertz CT molecular complexity index is 2630. The third kappa shape index (κ3) is 11.4. The lowest BCUT2D eigenvalue weighted by atomic mass is 9.97. The summed E-state index contributed by atoms with van der Waals surface area (Å²) in [5, 5.41) is 7.27. The Kier molecular flexibility index (Phi) is 14.2. The van der Waals surface area contributed by atoms with Crippen LogP contribution in [0, 0.1) is 0 Å². The highest BCUT2D eigenvalue weighted by atomic mass is 32.2. The summed E-state index contributed by atoms with van der Waals surface area (Å²) in [5.41, 5.74) is 7.53. The molecule has 0 spiro atoms. The van der Waals surface area contributed by atoms with E-state index < -0.39 is 9.84 Å². The largest absolute Gasteiger partial charge is 0.497 e. The van der Waals surface area contributed by atoms with Gasteiger partial charge in [0.2, 0.25) is 0 Å². The molecule has 9 rings (SSSR count). The van der Waals surface area contributed by atoms with Gasteiger partial charge in [-0.25, -0.2) is 18.4 Å². The van der Waals surface area contributed by atoms with Crippen molar-refractivity contribution in [3.8, 4) is 16.9 Å². The maximum atomic E-state index is 11.5. The number of piperidine rings is 2. The predicted octanol–water partition coefficient (Wildman–Crippen LogP) is 10.3. The Hall–Kier alpha value is -4.79. The number of thiazole rings is 2. The summed E-state index contributed by atoms with van der Waals surface area (Å²) in [6, 6.07) is 42.1. The van der Waals surface area contributed by atoms with E-state index in [-0.39, 0.29) is 18.2 Å². The van der Waals surface area contributed by atoms with Crippen molar-refractivity contribution < 1.29 is 17.9 Å². The van der Waals surface area contributed by atoms with Gasteiger partial charge < -0.3 is 24.6 Å². The number of ether oxygens (including phenoxy) is 2. The fourth-order valence-corrected chi connectivity index (χ4v) is 10.5. The normalized spacial score (nSPS) is 17.0. The first-order valence-corrected chi connectivity index (χ1v) is 24.9. The number of rotatable bonds is 12. The summed E-state index contributed by atoms with van der Waals surface area (Å²) >= 11 is 3.45. The predicted molar refractivity (Wildman–Crippen MR) is 257 cm³/mol. The first-order chi connectivity index (χ1) is 30.1. The quantitative estimate of drug-likeness (QED) is 0.129. The second kappa shape index (κ2) is 20.2. The van der Waals surface area contributed by atoms with Gasteiger partial charge in [-0.3, -0.25) is 0 Å². The van der Waals surface area contributed by atoms with E-state index in [9.17, 15) is 8.42 Å². The molecule has 5 aromatic carbocycles. The SMILES string of the molecule is CN1CCC(OC(c2cccc(C=CS(C)(=O)=O)c2)c2nc3ccccc3s2)CC1.COc1ccc(-c2cccc(C(NC3CCN(C)CC3)c3nc4ccccc4s3)c2)cc1. The van der Waals surface area contributed by atoms with Crippen molar-refractivity contribution in [1.82, 2.24) is 25.1 Å². The lowest BCUT2D eigenvalue weighted by Gasteiger charge is -2.32. The van der Waals surface area contributed by atoms with Crippen molar-refractivity contribution in [2.45, 2.75) is 50.0 Å². The highest BCUT2D eigenvalue weighted by Crippen LogP contribution is 2.36. The summed E-state index contributed by atoms with van der Waals surface area (Å²) in [7, 11) is 2.87. The van der Waals surface area contributed by atoms with Crippen LogP contribution in [-0.2, 0) is 14.6 Å². The van der Waals surface area contributed by atoms with Crippen LogP contribution >= 0.6 is 22.7 Å². The van der Waals surface area contributed by atoms with Gasteiger partial charge in [0.15, 0.2) is 9.84 Å². The van der Waals surface area contributed by atoms with E-state index in [1.54, 1.807) is 35.9 Å². The number of likely N-dealkylation sites (tertiary alicyclic amines) is 2. The molecule has 2 aliphatic rings. The minimum Gasteiger partial charge on any atom is -0.497 e. The van der Waals surface area contributed by atoms with Crippen molar-refractivity contribution in [3.63, 3.8) is 0 Å². The molecule has 322 valence electrons. The molecule has 0 aliphatic carbocycles. The van der Waals surface area contributed by atoms with Gasteiger partial charge in [-0.15, -0.1) is 22.7 Å². The first kappa shape index (κ1) is 43.8. The molecule has 2 atom stereocenters. The van der Waals surface area contributed by atoms with Crippen LogP contribution in [-0.4, -0.2) is 94.0 Å². The fourth-order valence-electron chi connectivity index (χ4n) is 8.04. The number of aromatic nitrogens is 2. The van der Waals surface area contributed by atoms with Crippen molar-refractivity contribution >= 4 is 59.0 Å². The molecule has 4 heterocycles. The maximum absolute atomic E-state index is 11.5. The molecule has 2 aromatic heterocycles. The second-order valence-corrected chi connectivity index (χ2v) is 20.4. The number of fused-ring (bicyclic) bond motifs is 2. The Balaban J connectivity index is 0.000000171. The zero-order valence-corrected chi connectivity index (χ0v) is 38.3. The topological polar surface area (TPSA) is 96.9 Å². The van der Waals surface area contributed by atoms with E-state index in [1.165, 1.54) is 33.1 Å². The summed E-state index contributed by atoms with van der Waals surface area (Å²) in [6.07, 6.45) is 7.03. The molecule has 2 saturated heterocycles. The van der Waals surface area contributed by atoms with Gasteiger partial charge in [0.1, 0.15) is 21.9 Å². The number of methoxy groups -OCH3 is 1. The van der Waals surface area contributed by atoms with Crippen molar-refractivity contribution in [2.24, 2.45) is 0 Å². The van der Waals surface area contributed by atoms with Crippen LogP contribution in [0.3, 0.4) is 0 Å². The minimum atomic E-state index is -3.18. The summed E-state index contributed by atoms with van der Waals surface area (Å²) in [5.74, 6) is 0.876. The number of sulfone groups is 1. The summed E-state index contributed by atoms with van der Waals surface area (Å²) in [4.78, 5) is 14.6. The van der Waals surface area contributed by atoms with E-state index in [4.69, 9.17) is 19.4 Å². The highest BCUT2D eigenvalue weighted by Gasteiger charge is 2.27. The fraction of sp³-hybridized carbons (Fsp3) is 0.320. The Morgan fingerprint density at radius 3 is 1.94 bits per heavy atom.